The molecule has 1 unspecified atom stereocenters. The van der Waals surface area contributed by atoms with Crippen molar-refractivity contribution < 1.29 is 23.1 Å². The number of aryl methyl sites for hydroxylation is 1. The van der Waals surface area contributed by atoms with Crippen LogP contribution in [0, 0.1) is 5.92 Å². The standard InChI is InChI=1S/C20H23NO5S/c1-14(7-6-10-15-8-4-3-5-9-15)19(22)21-17-11-16(20(23)24)12-18(13-17)27(2,25)26/h3-5,8-9,11-14H,6-7,10H2,1-2H3,(H,21,22)(H,23,24). The smallest absolute Gasteiger partial charge is 0.335 e. The predicted molar refractivity (Wildman–Crippen MR) is 104 cm³/mol. The molecule has 0 radical (unpaired) electrons. The number of carboxylic acid groups (broad SMARTS) is 1. The molecule has 0 spiro atoms. The zero-order valence-electron chi connectivity index (χ0n) is 15.3. The number of aromatic carboxylic acids is 1. The number of nitrogens with one attached hydrogen (secondary N) is 1. The second kappa shape index (κ2) is 8.81. The lowest BCUT2D eigenvalue weighted by molar-refractivity contribution is -0.119. The Labute approximate surface area is 159 Å². The highest BCUT2D eigenvalue weighted by molar-refractivity contribution is 7.90. The van der Waals surface area contributed by atoms with Crippen molar-refractivity contribution in [1.29, 1.82) is 0 Å². The van der Waals surface area contributed by atoms with E-state index in [2.05, 4.69) is 5.32 Å². The lowest BCUT2D eigenvalue weighted by Gasteiger charge is -2.13. The van der Waals surface area contributed by atoms with Crippen LogP contribution in [0.3, 0.4) is 0 Å². The first-order chi connectivity index (χ1) is 12.7. The molecule has 144 valence electrons. The van der Waals surface area contributed by atoms with Crippen LogP contribution in [0.15, 0.2) is 53.4 Å². The molecular weight excluding hydrogens is 366 g/mol. The van der Waals surface area contributed by atoms with E-state index in [4.69, 9.17) is 5.11 Å². The van der Waals surface area contributed by atoms with Gasteiger partial charge in [0.15, 0.2) is 9.84 Å². The quantitative estimate of drug-likeness (QED) is 0.721. The number of carboxylic acids is 1. The van der Waals surface area contributed by atoms with E-state index in [1.54, 1.807) is 6.92 Å². The first-order valence-corrected chi connectivity index (χ1v) is 10.5. The van der Waals surface area contributed by atoms with Gasteiger partial charge in [-0.3, -0.25) is 4.79 Å². The average molecular weight is 389 g/mol. The lowest BCUT2D eigenvalue weighted by Crippen LogP contribution is -2.21. The summed E-state index contributed by atoms with van der Waals surface area (Å²) in [5, 5.41) is 11.8. The van der Waals surface area contributed by atoms with E-state index in [1.807, 2.05) is 30.3 Å². The van der Waals surface area contributed by atoms with Gasteiger partial charge >= 0.3 is 5.97 Å². The Morgan fingerprint density at radius 2 is 1.78 bits per heavy atom. The molecule has 0 aliphatic rings. The SMILES string of the molecule is CC(CCCc1ccccc1)C(=O)Nc1cc(C(=O)O)cc(S(C)(=O)=O)c1. The molecule has 0 bridgehead atoms. The molecule has 0 heterocycles. The first kappa shape index (κ1) is 20.6. The van der Waals surface area contributed by atoms with E-state index in [0.29, 0.717) is 6.42 Å². The minimum Gasteiger partial charge on any atom is -0.478 e. The van der Waals surface area contributed by atoms with Gasteiger partial charge in [-0.25, -0.2) is 13.2 Å². The van der Waals surface area contributed by atoms with Crippen LogP contribution in [0.1, 0.15) is 35.7 Å². The number of rotatable bonds is 8. The molecule has 0 aliphatic heterocycles. The van der Waals surface area contributed by atoms with Crippen LogP contribution in [-0.4, -0.2) is 31.7 Å². The number of hydrogen-bond acceptors (Lipinski definition) is 4. The van der Waals surface area contributed by atoms with Gasteiger partial charge in [-0.2, -0.15) is 0 Å². The van der Waals surface area contributed by atoms with Gasteiger partial charge in [0.05, 0.1) is 10.5 Å². The summed E-state index contributed by atoms with van der Waals surface area (Å²) in [5.74, 6) is -1.82. The zero-order valence-corrected chi connectivity index (χ0v) is 16.1. The third-order valence-corrected chi connectivity index (χ3v) is 5.33. The summed E-state index contributed by atoms with van der Waals surface area (Å²) >= 11 is 0. The molecular formula is C20H23NO5S. The second-order valence-electron chi connectivity index (χ2n) is 6.59. The maximum absolute atomic E-state index is 12.4. The fourth-order valence-corrected chi connectivity index (χ4v) is 3.34. The number of amides is 1. The minimum absolute atomic E-state index is 0.144. The van der Waals surface area contributed by atoms with Crippen LogP contribution in [0.25, 0.3) is 0 Å². The van der Waals surface area contributed by atoms with Crippen LogP contribution in [0.5, 0.6) is 0 Å². The summed E-state index contributed by atoms with van der Waals surface area (Å²) in [7, 11) is -3.60. The van der Waals surface area contributed by atoms with E-state index >= 15 is 0 Å². The normalized spacial score (nSPS) is 12.4. The van der Waals surface area contributed by atoms with Crippen molar-refractivity contribution in [3.05, 3.63) is 59.7 Å². The number of benzene rings is 2. The molecule has 2 rings (SSSR count). The van der Waals surface area contributed by atoms with E-state index < -0.39 is 15.8 Å². The Hall–Kier alpha value is -2.67. The Morgan fingerprint density at radius 3 is 2.37 bits per heavy atom. The molecule has 6 nitrogen and oxygen atoms in total. The summed E-state index contributed by atoms with van der Waals surface area (Å²) in [6, 6.07) is 13.6. The van der Waals surface area contributed by atoms with Gasteiger partial charge in [-0.05, 0) is 43.0 Å². The predicted octanol–water partition coefficient (Wildman–Crippen LogP) is 3.39. The monoisotopic (exact) mass is 389 g/mol. The van der Waals surface area contributed by atoms with Crippen molar-refractivity contribution in [1.82, 2.24) is 0 Å². The number of carbonyl (C=O) groups excluding carboxylic acids is 1. The molecule has 2 N–H and O–H groups in total. The van der Waals surface area contributed by atoms with Gasteiger partial charge in [-0.15, -0.1) is 0 Å². The molecule has 0 aromatic heterocycles. The molecule has 1 amide bonds. The largest absolute Gasteiger partial charge is 0.478 e. The number of hydrogen-bond donors (Lipinski definition) is 2. The molecule has 2 aromatic rings. The van der Waals surface area contributed by atoms with Crippen molar-refractivity contribution in [3.63, 3.8) is 0 Å². The summed E-state index contributed by atoms with van der Waals surface area (Å²) in [4.78, 5) is 23.5. The molecule has 0 aliphatic carbocycles. The molecule has 0 fully saturated rings. The number of carbonyl (C=O) groups is 2. The van der Waals surface area contributed by atoms with Crippen LogP contribution < -0.4 is 5.32 Å². The van der Waals surface area contributed by atoms with Crippen LogP contribution >= 0.6 is 0 Å². The highest BCUT2D eigenvalue weighted by atomic mass is 32.2. The Morgan fingerprint density at radius 1 is 1.11 bits per heavy atom. The van der Waals surface area contributed by atoms with E-state index in [1.165, 1.54) is 17.7 Å². The molecule has 1 atom stereocenters. The van der Waals surface area contributed by atoms with Gasteiger partial charge in [-0.1, -0.05) is 37.3 Å². The third kappa shape index (κ3) is 6.21. The van der Waals surface area contributed by atoms with Crippen molar-refractivity contribution in [2.45, 2.75) is 31.1 Å². The summed E-state index contributed by atoms with van der Waals surface area (Å²) < 4.78 is 23.5. The first-order valence-electron chi connectivity index (χ1n) is 8.60. The van der Waals surface area contributed by atoms with Crippen molar-refractivity contribution in [3.8, 4) is 0 Å². The van der Waals surface area contributed by atoms with Crippen molar-refractivity contribution in [2.24, 2.45) is 5.92 Å². The second-order valence-corrected chi connectivity index (χ2v) is 8.61. The maximum Gasteiger partial charge on any atom is 0.335 e. The minimum atomic E-state index is -3.60. The molecule has 2 aromatic carbocycles. The van der Waals surface area contributed by atoms with Gasteiger partial charge in [0.25, 0.3) is 0 Å². The van der Waals surface area contributed by atoms with E-state index in [9.17, 15) is 18.0 Å². The van der Waals surface area contributed by atoms with Crippen LogP contribution in [-0.2, 0) is 21.1 Å². The highest BCUT2D eigenvalue weighted by Gasteiger charge is 2.17. The van der Waals surface area contributed by atoms with E-state index in [0.717, 1.165) is 25.2 Å². The Balaban J connectivity index is 2.03. The van der Waals surface area contributed by atoms with Gasteiger partial charge in [0.1, 0.15) is 0 Å². The number of anilines is 1. The van der Waals surface area contributed by atoms with Crippen molar-refractivity contribution in [2.75, 3.05) is 11.6 Å². The summed E-state index contributed by atoms with van der Waals surface area (Å²) in [6.45, 7) is 1.79. The van der Waals surface area contributed by atoms with Crippen LogP contribution in [0.4, 0.5) is 5.69 Å². The third-order valence-electron chi connectivity index (χ3n) is 4.24. The van der Waals surface area contributed by atoms with E-state index in [-0.39, 0.29) is 28.0 Å². The van der Waals surface area contributed by atoms with Gasteiger partial charge in [0, 0.05) is 17.9 Å². The average Bonchev–Trinajstić information content (AvgIpc) is 2.61. The maximum atomic E-state index is 12.4. The summed E-state index contributed by atoms with van der Waals surface area (Å²) in [6.07, 6.45) is 3.36. The lowest BCUT2D eigenvalue weighted by atomic mass is 10.0. The molecule has 27 heavy (non-hydrogen) atoms. The molecule has 0 saturated heterocycles. The van der Waals surface area contributed by atoms with Crippen molar-refractivity contribution >= 4 is 27.4 Å². The Kier molecular flexibility index (Phi) is 6.74. The zero-order chi connectivity index (χ0) is 20.0. The highest BCUT2D eigenvalue weighted by Crippen LogP contribution is 2.21. The molecule has 0 saturated carbocycles. The van der Waals surface area contributed by atoms with Gasteiger partial charge < -0.3 is 10.4 Å². The topological polar surface area (TPSA) is 101 Å². The summed E-state index contributed by atoms with van der Waals surface area (Å²) in [5.41, 5.74) is 1.18. The fourth-order valence-electron chi connectivity index (χ4n) is 2.66. The Bertz CT molecular complexity index is 923. The fraction of sp³-hybridized carbons (Fsp3) is 0.300. The molecule has 7 heteroatoms. The van der Waals surface area contributed by atoms with Gasteiger partial charge in [0.2, 0.25) is 5.91 Å². The number of sulfone groups is 1. The van der Waals surface area contributed by atoms with Crippen LogP contribution in [0.2, 0.25) is 0 Å².